The Morgan fingerprint density at radius 3 is 2.48 bits per heavy atom. The highest BCUT2D eigenvalue weighted by molar-refractivity contribution is 9.10. The predicted molar refractivity (Wildman–Crippen MR) is 191 cm³/mol. The van der Waals surface area contributed by atoms with Crippen molar-refractivity contribution in [3.63, 3.8) is 0 Å². The van der Waals surface area contributed by atoms with Crippen LogP contribution in [0.4, 0.5) is 0 Å². The molecule has 1 aromatic heterocycles. The summed E-state index contributed by atoms with van der Waals surface area (Å²) in [6, 6.07) is 18.1. The summed E-state index contributed by atoms with van der Waals surface area (Å²) in [5.74, 6) is 2.08. The molecule has 5 rings (SSSR count). The minimum absolute atomic E-state index is 0.136. The number of para-hydroxylation sites is 1. The van der Waals surface area contributed by atoms with Crippen LogP contribution < -0.4 is 19.8 Å². The fourth-order valence-corrected chi connectivity index (χ4v) is 6.09. The van der Waals surface area contributed by atoms with Crippen molar-refractivity contribution in [3.8, 4) is 28.6 Å². The molecule has 0 aliphatic carbocycles. The third kappa shape index (κ3) is 6.91. The molecule has 0 N–H and O–H groups in total. The van der Waals surface area contributed by atoms with Crippen LogP contribution in [0.25, 0.3) is 22.3 Å². The summed E-state index contributed by atoms with van der Waals surface area (Å²) >= 11 is 22.8. The third-order valence-electron chi connectivity index (χ3n) is 7.35. The molecular formula is C35H31BrCl3N3O4. The lowest BCUT2D eigenvalue weighted by atomic mass is 9.96. The van der Waals surface area contributed by atoms with E-state index in [2.05, 4.69) is 34.9 Å². The van der Waals surface area contributed by atoms with Crippen molar-refractivity contribution < 1.29 is 14.2 Å². The fraction of sp³-hybridized carbons (Fsp3) is 0.229. The summed E-state index contributed by atoms with van der Waals surface area (Å²) < 4.78 is 19.5. The Morgan fingerprint density at radius 2 is 1.78 bits per heavy atom. The Balaban J connectivity index is 1.63. The van der Waals surface area contributed by atoms with Crippen molar-refractivity contribution in [2.75, 3.05) is 13.7 Å². The summed E-state index contributed by atoms with van der Waals surface area (Å²) in [5, 5.41) is 6.39. The van der Waals surface area contributed by atoms with E-state index in [4.69, 9.17) is 54.0 Å². The first kappa shape index (κ1) is 33.8. The van der Waals surface area contributed by atoms with Gasteiger partial charge in [-0.15, -0.1) is 0 Å². The second kappa shape index (κ2) is 14.5. The average Bonchev–Trinajstić information content (AvgIpc) is 3.03. The van der Waals surface area contributed by atoms with Crippen LogP contribution in [0.5, 0.6) is 17.2 Å². The van der Waals surface area contributed by atoms with Gasteiger partial charge in [-0.25, -0.2) is 4.98 Å². The van der Waals surface area contributed by atoms with E-state index in [9.17, 15) is 4.79 Å². The molecule has 238 valence electrons. The first-order valence-corrected chi connectivity index (χ1v) is 16.4. The lowest BCUT2D eigenvalue weighted by Gasteiger charge is -2.18. The number of halogens is 4. The summed E-state index contributed by atoms with van der Waals surface area (Å²) in [6.45, 7) is 8.49. The summed E-state index contributed by atoms with van der Waals surface area (Å²) in [5.41, 5.74) is 4.19. The van der Waals surface area contributed by atoms with Crippen molar-refractivity contribution in [2.24, 2.45) is 5.10 Å². The van der Waals surface area contributed by atoms with Gasteiger partial charge in [0.15, 0.2) is 17.3 Å². The van der Waals surface area contributed by atoms with Crippen molar-refractivity contribution in [3.05, 3.63) is 113 Å². The van der Waals surface area contributed by atoms with Gasteiger partial charge in [-0.3, -0.25) is 4.79 Å². The molecule has 46 heavy (non-hydrogen) atoms. The lowest BCUT2D eigenvalue weighted by Crippen LogP contribution is -2.21. The van der Waals surface area contributed by atoms with Crippen molar-refractivity contribution in [2.45, 2.75) is 40.2 Å². The molecule has 11 heteroatoms. The van der Waals surface area contributed by atoms with Gasteiger partial charge in [0, 0.05) is 31.2 Å². The van der Waals surface area contributed by atoms with E-state index in [0.29, 0.717) is 54.9 Å². The number of fused-ring (bicyclic) bond motifs is 1. The van der Waals surface area contributed by atoms with E-state index in [1.165, 1.54) is 4.68 Å². The maximum absolute atomic E-state index is 13.9. The number of benzene rings is 4. The topological polar surface area (TPSA) is 74.9 Å². The molecule has 4 aromatic carbocycles. The van der Waals surface area contributed by atoms with Gasteiger partial charge in [0.25, 0.3) is 5.56 Å². The number of methoxy groups -OCH3 is 1. The number of rotatable bonds is 10. The largest absolute Gasteiger partial charge is 0.496 e. The van der Waals surface area contributed by atoms with Crippen molar-refractivity contribution >= 4 is 67.9 Å². The zero-order valence-electron chi connectivity index (χ0n) is 25.8. The Bertz CT molecular complexity index is 2030. The van der Waals surface area contributed by atoms with Crippen molar-refractivity contribution in [1.29, 1.82) is 0 Å². The number of aromatic nitrogens is 2. The number of aryl methyl sites for hydroxylation is 1. The molecule has 0 radical (unpaired) electrons. The molecule has 5 aromatic rings. The van der Waals surface area contributed by atoms with E-state index < -0.39 is 0 Å². The zero-order valence-corrected chi connectivity index (χ0v) is 29.7. The van der Waals surface area contributed by atoms with Crippen LogP contribution in [0.2, 0.25) is 15.1 Å². The summed E-state index contributed by atoms with van der Waals surface area (Å²) in [6.07, 6.45) is 1.54. The van der Waals surface area contributed by atoms with Gasteiger partial charge in [-0.2, -0.15) is 9.78 Å². The molecule has 0 saturated carbocycles. The fourth-order valence-electron chi connectivity index (χ4n) is 4.98. The Morgan fingerprint density at radius 1 is 1.02 bits per heavy atom. The van der Waals surface area contributed by atoms with Crippen LogP contribution in [0, 0.1) is 6.92 Å². The van der Waals surface area contributed by atoms with Crippen LogP contribution in [-0.2, 0) is 6.61 Å². The van der Waals surface area contributed by atoms with Crippen LogP contribution >= 0.6 is 50.7 Å². The van der Waals surface area contributed by atoms with Crippen LogP contribution in [0.1, 0.15) is 48.9 Å². The maximum Gasteiger partial charge on any atom is 0.282 e. The van der Waals surface area contributed by atoms with E-state index in [1.807, 2.05) is 38.1 Å². The van der Waals surface area contributed by atoms with E-state index in [-0.39, 0.29) is 23.1 Å². The molecule has 0 spiro atoms. The molecule has 0 unspecified atom stereocenters. The molecule has 0 atom stereocenters. The highest BCUT2D eigenvalue weighted by atomic mass is 79.9. The first-order chi connectivity index (χ1) is 22.0. The van der Waals surface area contributed by atoms with Crippen molar-refractivity contribution in [1.82, 2.24) is 9.66 Å². The standard InChI is InChI=1S/C35H31BrCl3N3O4/c1-6-45-30-14-22(31(36)32(39)33(30)46-18-21-11-12-23(37)15-27(21)38)17-40-42-34(41-28-10-8-7-9-24(28)35(42)43)26-16-25(19(2)3)29(44-5)13-20(26)4/h7-17,19H,6,18H2,1-5H3. The van der Waals surface area contributed by atoms with Gasteiger partial charge < -0.3 is 14.2 Å². The van der Waals surface area contributed by atoms with Crippen LogP contribution in [-0.4, -0.2) is 29.6 Å². The minimum atomic E-state index is -0.315. The average molecular weight is 744 g/mol. The zero-order chi connectivity index (χ0) is 33.1. The number of hydrogen-bond donors (Lipinski definition) is 0. The van der Waals surface area contributed by atoms with Gasteiger partial charge >= 0.3 is 0 Å². The molecule has 0 amide bonds. The minimum Gasteiger partial charge on any atom is -0.496 e. The van der Waals surface area contributed by atoms with Crippen LogP contribution in [0.15, 0.2) is 75.0 Å². The van der Waals surface area contributed by atoms with Gasteiger partial charge in [-0.05, 0) is 89.3 Å². The normalized spacial score (nSPS) is 11.5. The predicted octanol–water partition coefficient (Wildman–Crippen LogP) is 10.1. The number of hydrogen-bond acceptors (Lipinski definition) is 6. The van der Waals surface area contributed by atoms with E-state index >= 15 is 0 Å². The molecule has 0 aliphatic heterocycles. The highest BCUT2D eigenvalue weighted by Gasteiger charge is 2.21. The van der Waals surface area contributed by atoms with Gasteiger partial charge in [0.05, 0.1) is 30.8 Å². The first-order valence-electron chi connectivity index (χ1n) is 14.5. The molecule has 0 bridgehead atoms. The quantitative estimate of drug-likeness (QED) is 0.133. The van der Waals surface area contributed by atoms with Gasteiger partial charge in [0.2, 0.25) is 0 Å². The summed E-state index contributed by atoms with van der Waals surface area (Å²) in [7, 11) is 1.65. The molecule has 0 saturated heterocycles. The Hall–Kier alpha value is -3.56. The SMILES string of the molecule is CCOc1cc(C=Nn2c(-c3cc(C(C)C)c(OC)cc3C)nc3ccccc3c2=O)c(Br)c(Cl)c1OCc1ccc(Cl)cc1Cl. The van der Waals surface area contributed by atoms with E-state index in [1.54, 1.807) is 49.7 Å². The van der Waals surface area contributed by atoms with Gasteiger partial charge in [-0.1, -0.05) is 66.8 Å². The Labute approximate surface area is 290 Å². The number of nitrogens with zero attached hydrogens (tertiary/aromatic N) is 3. The molecular weight excluding hydrogens is 713 g/mol. The molecule has 0 fully saturated rings. The maximum atomic E-state index is 13.9. The molecule has 7 nitrogen and oxygen atoms in total. The lowest BCUT2D eigenvalue weighted by molar-refractivity contribution is 0.269. The molecule has 0 aliphatic rings. The second-order valence-corrected chi connectivity index (χ2v) is 12.8. The summed E-state index contributed by atoms with van der Waals surface area (Å²) in [4.78, 5) is 18.8. The van der Waals surface area contributed by atoms with E-state index in [0.717, 1.165) is 28.0 Å². The Kier molecular flexibility index (Phi) is 10.6. The highest BCUT2D eigenvalue weighted by Crippen LogP contribution is 2.43. The van der Waals surface area contributed by atoms with Crippen LogP contribution in [0.3, 0.4) is 0 Å². The van der Waals surface area contributed by atoms with Gasteiger partial charge in [0.1, 0.15) is 17.4 Å². The second-order valence-electron chi connectivity index (χ2n) is 10.8. The third-order valence-corrected chi connectivity index (χ3v) is 9.38. The monoisotopic (exact) mass is 741 g/mol. The smallest absolute Gasteiger partial charge is 0.282 e. The molecule has 1 heterocycles. The number of ether oxygens (including phenoxy) is 3.